The van der Waals surface area contributed by atoms with Crippen molar-refractivity contribution in [1.29, 1.82) is 0 Å². The van der Waals surface area contributed by atoms with Gasteiger partial charge in [0, 0.05) is 23.7 Å². The third kappa shape index (κ3) is 5.88. The fraction of sp³-hybridized carbons (Fsp3) is 0.435. The average Bonchev–Trinajstić information content (AvgIpc) is 2.70. The smallest absolute Gasteiger partial charge is 0.254 e. The molecule has 0 spiro atoms. The van der Waals surface area contributed by atoms with E-state index >= 15 is 0 Å². The number of carbonyl (C=O) groups is 1. The molecule has 0 bridgehead atoms. The normalized spacial score (nSPS) is 21.5. The monoisotopic (exact) mass is 432 g/mol. The van der Waals surface area contributed by atoms with Crippen LogP contribution in [0.15, 0.2) is 48.5 Å². The quantitative estimate of drug-likeness (QED) is 0.727. The van der Waals surface area contributed by atoms with Crippen molar-refractivity contribution in [3.63, 3.8) is 0 Å². The van der Waals surface area contributed by atoms with E-state index in [4.69, 9.17) is 21.1 Å². The number of hydrogen-bond acceptors (Lipinski definition) is 5. The second-order valence-electron chi connectivity index (χ2n) is 8.10. The summed E-state index contributed by atoms with van der Waals surface area (Å²) in [6.07, 6.45) is -0.119. The molecule has 2 aromatic rings. The Balaban J connectivity index is 1.68. The van der Waals surface area contributed by atoms with E-state index in [-0.39, 0.29) is 5.91 Å². The van der Waals surface area contributed by atoms with Crippen molar-refractivity contribution >= 4 is 17.5 Å². The second-order valence-corrected chi connectivity index (χ2v) is 8.53. The van der Waals surface area contributed by atoms with Gasteiger partial charge in [0.2, 0.25) is 0 Å². The minimum absolute atomic E-state index is 0.103. The van der Waals surface area contributed by atoms with E-state index in [1.165, 1.54) is 0 Å². The van der Waals surface area contributed by atoms with Crippen molar-refractivity contribution < 1.29 is 19.4 Å². The van der Waals surface area contributed by atoms with Crippen LogP contribution in [0.3, 0.4) is 0 Å². The number of halogens is 1. The van der Waals surface area contributed by atoms with Crippen molar-refractivity contribution in [2.75, 3.05) is 40.3 Å². The van der Waals surface area contributed by atoms with Crippen LogP contribution < -0.4 is 9.47 Å². The predicted molar refractivity (Wildman–Crippen MR) is 118 cm³/mol. The van der Waals surface area contributed by atoms with Crippen molar-refractivity contribution in [2.45, 2.75) is 25.0 Å². The third-order valence-electron chi connectivity index (χ3n) is 5.24. The molecule has 1 heterocycles. The molecule has 2 aromatic carbocycles. The number of nitrogens with zero attached hydrogens (tertiary/aromatic N) is 2. The Bertz CT molecular complexity index is 855. The molecular weight excluding hydrogens is 404 g/mol. The van der Waals surface area contributed by atoms with Gasteiger partial charge in [0.05, 0.1) is 6.54 Å². The van der Waals surface area contributed by atoms with E-state index < -0.39 is 11.7 Å². The van der Waals surface area contributed by atoms with Crippen LogP contribution in [0, 0.1) is 0 Å². The van der Waals surface area contributed by atoms with E-state index in [0.717, 1.165) is 6.54 Å². The van der Waals surface area contributed by atoms with Gasteiger partial charge in [0.1, 0.15) is 29.8 Å². The van der Waals surface area contributed by atoms with Gasteiger partial charge in [-0.05, 0) is 69.9 Å². The summed E-state index contributed by atoms with van der Waals surface area (Å²) in [4.78, 5) is 16.9. The molecule has 1 saturated heterocycles. The number of piperidine rings is 1. The van der Waals surface area contributed by atoms with Gasteiger partial charge in [-0.3, -0.25) is 4.79 Å². The minimum atomic E-state index is -1.03. The molecule has 7 heteroatoms. The number of ether oxygens (including phenoxy) is 2. The average molecular weight is 433 g/mol. The summed E-state index contributed by atoms with van der Waals surface area (Å²) in [5.41, 5.74) is -0.475. The third-order valence-corrected chi connectivity index (χ3v) is 5.49. The first kappa shape index (κ1) is 22.4. The summed E-state index contributed by atoms with van der Waals surface area (Å²) in [5, 5.41) is 11.4. The maximum atomic E-state index is 13.1. The number of hydrogen-bond donors (Lipinski definition) is 1. The largest absolute Gasteiger partial charge is 0.492 e. The molecular formula is C23H29ClN2O4. The summed E-state index contributed by atoms with van der Waals surface area (Å²) < 4.78 is 11.8. The van der Waals surface area contributed by atoms with Crippen LogP contribution in [0.2, 0.25) is 5.02 Å². The summed E-state index contributed by atoms with van der Waals surface area (Å²) >= 11 is 5.93. The van der Waals surface area contributed by atoms with Gasteiger partial charge in [0.25, 0.3) is 5.91 Å². The lowest BCUT2D eigenvalue weighted by Crippen LogP contribution is -2.57. The Morgan fingerprint density at radius 2 is 1.97 bits per heavy atom. The number of likely N-dealkylation sites (tertiary alicyclic amines) is 1. The molecule has 1 fully saturated rings. The summed E-state index contributed by atoms with van der Waals surface area (Å²) in [7, 11) is 3.97. The SMILES string of the molecule is CN(C)CCOc1cccc(C(=O)N2CC[C@](C)(O)[C@@H](Oc3ccc(Cl)cc3)C2)c1. The van der Waals surface area contributed by atoms with Crippen LogP contribution in [-0.4, -0.2) is 72.9 Å². The zero-order valence-electron chi connectivity index (χ0n) is 17.7. The van der Waals surface area contributed by atoms with Gasteiger partial charge in [0.15, 0.2) is 0 Å². The fourth-order valence-electron chi connectivity index (χ4n) is 3.28. The Morgan fingerprint density at radius 1 is 1.23 bits per heavy atom. The topological polar surface area (TPSA) is 62.2 Å². The van der Waals surface area contributed by atoms with Crippen molar-refractivity contribution in [3.8, 4) is 11.5 Å². The van der Waals surface area contributed by atoms with Crippen LogP contribution in [0.5, 0.6) is 11.5 Å². The van der Waals surface area contributed by atoms with Gasteiger partial charge in [-0.25, -0.2) is 0 Å². The van der Waals surface area contributed by atoms with E-state index in [9.17, 15) is 9.90 Å². The molecule has 0 radical (unpaired) electrons. The predicted octanol–water partition coefficient (Wildman–Crippen LogP) is 3.32. The molecule has 1 aliphatic heterocycles. The first-order valence-corrected chi connectivity index (χ1v) is 10.4. The van der Waals surface area contributed by atoms with Crippen LogP contribution >= 0.6 is 11.6 Å². The van der Waals surface area contributed by atoms with E-state index in [2.05, 4.69) is 0 Å². The molecule has 0 aliphatic carbocycles. The Labute approximate surface area is 183 Å². The molecule has 1 aliphatic rings. The molecule has 1 N–H and O–H groups in total. The van der Waals surface area contributed by atoms with E-state index in [1.54, 1.807) is 48.2 Å². The molecule has 0 unspecified atom stereocenters. The van der Waals surface area contributed by atoms with Gasteiger partial charge < -0.3 is 24.4 Å². The first-order valence-electron chi connectivity index (χ1n) is 10.1. The van der Waals surface area contributed by atoms with Crippen molar-refractivity contribution in [3.05, 3.63) is 59.1 Å². The summed E-state index contributed by atoms with van der Waals surface area (Å²) in [6.45, 7) is 3.84. The van der Waals surface area contributed by atoms with Crippen molar-refractivity contribution in [2.24, 2.45) is 0 Å². The van der Waals surface area contributed by atoms with Crippen LogP contribution in [0.4, 0.5) is 0 Å². The van der Waals surface area contributed by atoms with Crippen molar-refractivity contribution in [1.82, 2.24) is 9.80 Å². The minimum Gasteiger partial charge on any atom is -0.492 e. The highest BCUT2D eigenvalue weighted by Gasteiger charge is 2.41. The molecule has 0 saturated carbocycles. The molecule has 30 heavy (non-hydrogen) atoms. The molecule has 1 amide bonds. The lowest BCUT2D eigenvalue weighted by atomic mass is 9.90. The maximum absolute atomic E-state index is 13.1. The zero-order chi connectivity index (χ0) is 21.7. The molecule has 3 rings (SSSR count). The van der Waals surface area contributed by atoms with Crippen LogP contribution in [0.1, 0.15) is 23.7 Å². The summed E-state index contributed by atoms with van der Waals surface area (Å²) in [5.74, 6) is 1.17. The second kappa shape index (κ2) is 9.69. The fourth-order valence-corrected chi connectivity index (χ4v) is 3.41. The van der Waals surface area contributed by atoms with Gasteiger partial charge >= 0.3 is 0 Å². The molecule has 6 nitrogen and oxygen atoms in total. The lowest BCUT2D eigenvalue weighted by Gasteiger charge is -2.42. The lowest BCUT2D eigenvalue weighted by molar-refractivity contribution is -0.0881. The summed E-state index contributed by atoms with van der Waals surface area (Å²) in [6, 6.07) is 14.2. The Kier molecular flexibility index (Phi) is 7.23. The highest BCUT2D eigenvalue weighted by molar-refractivity contribution is 6.30. The highest BCUT2D eigenvalue weighted by atomic mass is 35.5. The number of likely N-dealkylation sites (N-methyl/N-ethyl adjacent to an activating group) is 1. The maximum Gasteiger partial charge on any atom is 0.254 e. The van der Waals surface area contributed by atoms with Gasteiger partial charge in [-0.1, -0.05) is 17.7 Å². The number of benzene rings is 2. The molecule has 162 valence electrons. The number of rotatable bonds is 7. The Hall–Kier alpha value is -2.28. The van der Waals surface area contributed by atoms with Gasteiger partial charge in [-0.2, -0.15) is 0 Å². The molecule has 2 atom stereocenters. The number of amides is 1. The van der Waals surface area contributed by atoms with E-state index in [0.29, 0.717) is 48.2 Å². The zero-order valence-corrected chi connectivity index (χ0v) is 18.4. The Morgan fingerprint density at radius 3 is 2.67 bits per heavy atom. The number of aliphatic hydroxyl groups is 1. The van der Waals surface area contributed by atoms with E-state index in [1.807, 2.05) is 31.1 Å². The van der Waals surface area contributed by atoms with Crippen LogP contribution in [0.25, 0.3) is 0 Å². The number of carbonyl (C=O) groups excluding carboxylic acids is 1. The molecule has 0 aromatic heterocycles. The first-order chi connectivity index (χ1) is 14.2. The van der Waals surface area contributed by atoms with Crippen LogP contribution in [-0.2, 0) is 0 Å². The van der Waals surface area contributed by atoms with Gasteiger partial charge in [-0.15, -0.1) is 0 Å². The standard InChI is InChI=1S/C23H29ClN2O4/c1-23(28)11-12-26(16-21(23)30-19-9-7-18(24)8-10-19)22(27)17-5-4-6-20(15-17)29-14-13-25(2)3/h4-10,15,21,28H,11-14,16H2,1-3H3/t21-,23-/m0/s1. The highest BCUT2D eigenvalue weighted by Crippen LogP contribution is 2.28.